The van der Waals surface area contributed by atoms with Gasteiger partial charge in [0, 0.05) is 24.3 Å². The van der Waals surface area contributed by atoms with Crippen LogP contribution in [0.15, 0.2) is 85.2 Å². The standard InChI is InChI=1S/C24H21N3O/c1-18-7-6-8-19(15-18)16-27(17-21-10-4-5-13-25-21)24(28)23-22-11-3-2-9-20(22)12-14-26-23/h2-15H,16-17H2,1H3. The highest BCUT2D eigenvalue weighted by Crippen LogP contribution is 2.20. The van der Waals surface area contributed by atoms with Crippen molar-refractivity contribution in [1.82, 2.24) is 14.9 Å². The molecule has 0 fully saturated rings. The summed E-state index contributed by atoms with van der Waals surface area (Å²) in [4.78, 5) is 24.1. The lowest BCUT2D eigenvalue weighted by Gasteiger charge is -2.23. The van der Waals surface area contributed by atoms with Crippen molar-refractivity contribution in [2.75, 3.05) is 0 Å². The van der Waals surface area contributed by atoms with Crippen molar-refractivity contribution in [1.29, 1.82) is 0 Å². The lowest BCUT2D eigenvalue weighted by atomic mass is 10.1. The summed E-state index contributed by atoms with van der Waals surface area (Å²) >= 11 is 0. The van der Waals surface area contributed by atoms with Crippen LogP contribution in [-0.4, -0.2) is 20.8 Å². The van der Waals surface area contributed by atoms with Crippen molar-refractivity contribution in [2.24, 2.45) is 0 Å². The van der Waals surface area contributed by atoms with Crippen LogP contribution in [0.2, 0.25) is 0 Å². The second kappa shape index (κ2) is 8.01. The van der Waals surface area contributed by atoms with Gasteiger partial charge in [-0.05, 0) is 36.1 Å². The topological polar surface area (TPSA) is 46.1 Å². The molecule has 2 aromatic heterocycles. The number of hydrogen-bond donors (Lipinski definition) is 0. The van der Waals surface area contributed by atoms with E-state index in [4.69, 9.17) is 0 Å². The molecule has 0 aliphatic carbocycles. The van der Waals surface area contributed by atoms with E-state index in [-0.39, 0.29) is 5.91 Å². The zero-order valence-corrected chi connectivity index (χ0v) is 15.7. The average Bonchev–Trinajstić information content (AvgIpc) is 2.73. The fourth-order valence-electron chi connectivity index (χ4n) is 3.36. The Morgan fingerprint density at radius 3 is 2.54 bits per heavy atom. The number of aromatic nitrogens is 2. The molecule has 0 aliphatic rings. The summed E-state index contributed by atoms with van der Waals surface area (Å²) in [6, 6.07) is 23.7. The number of nitrogens with zero attached hydrogens (tertiary/aromatic N) is 3. The highest BCUT2D eigenvalue weighted by Gasteiger charge is 2.20. The van der Waals surface area contributed by atoms with Gasteiger partial charge in [-0.1, -0.05) is 60.2 Å². The van der Waals surface area contributed by atoms with Gasteiger partial charge in [-0.3, -0.25) is 14.8 Å². The number of hydrogen-bond acceptors (Lipinski definition) is 3. The summed E-state index contributed by atoms with van der Waals surface area (Å²) in [6.07, 6.45) is 3.45. The number of rotatable bonds is 5. The predicted octanol–water partition coefficient (Wildman–Crippen LogP) is 4.78. The molecule has 4 aromatic rings. The SMILES string of the molecule is Cc1cccc(CN(Cc2ccccn2)C(=O)c2nccc3ccccc23)c1. The summed E-state index contributed by atoms with van der Waals surface area (Å²) in [7, 11) is 0. The molecule has 4 nitrogen and oxygen atoms in total. The van der Waals surface area contributed by atoms with E-state index in [9.17, 15) is 4.79 Å². The van der Waals surface area contributed by atoms with Crippen molar-refractivity contribution in [3.63, 3.8) is 0 Å². The second-order valence-electron chi connectivity index (χ2n) is 6.85. The summed E-state index contributed by atoms with van der Waals surface area (Å²) in [5.41, 5.74) is 3.58. The smallest absolute Gasteiger partial charge is 0.273 e. The molecule has 0 N–H and O–H groups in total. The van der Waals surface area contributed by atoms with E-state index in [1.54, 1.807) is 12.4 Å². The van der Waals surface area contributed by atoms with Crippen LogP contribution < -0.4 is 0 Å². The molecular weight excluding hydrogens is 346 g/mol. The molecule has 2 aromatic carbocycles. The van der Waals surface area contributed by atoms with Gasteiger partial charge in [0.25, 0.3) is 5.91 Å². The maximum atomic E-state index is 13.5. The number of amides is 1. The molecular formula is C24H21N3O. The van der Waals surface area contributed by atoms with Crippen LogP contribution in [0.4, 0.5) is 0 Å². The number of carbonyl (C=O) groups is 1. The third-order valence-corrected chi connectivity index (χ3v) is 4.70. The molecule has 0 saturated carbocycles. The van der Waals surface area contributed by atoms with Gasteiger partial charge >= 0.3 is 0 Å². The first-order valence-corrected chi connectivity index (χ1v) is 9.29. The summed E-state index contributed by atoms with van der Waals surface area (Å²) in [5.74, 6) is -0.0936. The van der Waals surface area contributed by atoms with E-state index >= 15 is 0 Å². The molecule has 2 heterocycles. The van der Waals surface area contributed by atoms with E-state index in [1.165, 1.54) is 5.56 Å². The number of fused-ring (bicyclic) bond motifs is 1. The largest absolute Gasteiger partial charge is 0.327 e. The first-order valence-electron chi connectivity index (χ1n) is 9.29. The van der Waals surface area contributed by atoms with Gasteiger partial charge in [0.15, 0.2) is 0 Å². The van der Waals surface area contributed by atoms with Crippen molar-refractivity contribution < 1.29 is 4.79 Å². The molecule has 28 heavy (non-hydrogen) atoms. The van der Waals surface area contributed by atoms with Crippen LogP contribution in [0.3, 0.4) is 0 Å². The van der Waals surface area contributed by atoms with Gasteiger partial charge in [-0.15, -0.1) is 0 Å². The van der Waals surface area contributed by atoms with Crippen molar-refractivity contribution in [2.45, 2.75) is 20.0 Å². The van der Waals surface area contributed by atoms with E-state index in [1.807, 2.05) is 65.6 Å². The van der Waals surface area contributed by atoms with E-state index in [0.717, 1.165) is 22.0 Å². The van der Waals surface area contributed by atoms with Crippen LogP contribution in [-0.2, 0) is 13.1 Å². The highest BCUT2D eigenvalue weighted by molar-refractivity contribution is 6.05. The third kappa shape index (κ3) is 3.91. The summed E-state index contributed by atoms with van der Waals surface area (Å²) < 4.78 is 0. The fourth-order valence-corrected chi connectivity index (χ4v) is 3.36. The molecule has 4 heteroatoms. The van der Waals surface area contributed by atoms with Gasteiger partial charge in [-0.25, -0.2) is 0 Å². The van der Waals surface area contributed by atoms with Crippen molar-refractivity contribution in [3.05, 3.63) is 108 Å². The zero-order chi connectivity index (χ0) is 19.3. The first-order chi connectivity index (χ1) is 13.7. The van der Waals surface area contributed by atoms with Crippen LogP contribution >= 0.6 is 0 Å². The molecule has 0 spiro atoms. The van der Waals surface area contributed by atoms with Gasteiger partial charge in [-0.2, -0.15) is 0 Å². The van der Waals surface area contributed by atoms with Gasteiger partial charge in [0.1, 0.15) is 5.69 Å². The number of pyridine rings is 2. The van der Waals surface area contributed by atoms with Crippen LogP contribution in [0.1, 0.15) is 27.3 Å². The Hall–Kier alpha value is -3.53. The average molecular weight is 367 g/mol. The predicted molar refractivity (Wildman–Crippen MR) is 111 cm³/mol. The molecule has 0 atom stereocenters. The fraction of sp³-hybridized carbons (Fsp3) is 0.125. The van der Waals surface area contributed by atoms with Gasteiger partial charge < -0.3 is 4.90 Å². The van der Waals surface area contributed by atoms with Gasteiger partial charge in [0.2, 0.25) is 0 Å². The quantitative estimate of drug-likeness (QED) is 0.510. The minimum atomic E-state index is -0.0936. The molecule has 0 saturated heterocycles. The zero-order valence-electron chi connectivity index (χ0n) is 15.7. The Kier molecular flexibility index (Phi) is 5.11. The normalized spacial score (nSPS) is 10.8. The Morgan fingerprint density at radius 1 is 0.857 bits per heavy atom. The summed E-state index contributed by atoms with van der Waals surface area (Å²) in [6.45, 7) is 2.99. The minimum Gasteiger partial charge on any atom is -0.327 e. The lowest BCUT2D eigenvalue weighted by molar-refractivity contribution is 0.0724. The van der Waals surface area contributed by atoms with Crippen molar-refractivity contribution in [3.8, 4) is 0 Å². The molecule has 138 valence electrons. The molecule has 0 bridgehead atoms. The molecule has 0 aliphatic heterocycles. The molecule has 0 unspecified atom stereocenters. The van der Waals surface area contributed by atoms with Gasteiger partial charge in [0.05, 0.1) is 12.2 Å². The van der Waals surface area contributed by atoms with Crippen LogP contribution in [0, 0.1) is 6.92 Å². The lowest BCUT2D eigenvalue weighted by Crippen LogP contribution is -2.31. The van der Waals surface area contributed by atoms with Crippen molar-refractivity contribution >= 4 is 16.7 Å². The van der Waals surface area contributed by atoms with E-state index < -0.39 is 0 Å². The first kappa shape index (κ1) is 17.9. The molecule has 1 amide bonds. The maximum Gasteiger partial charge on any atom is 0.273 e. The monoisotopic (exact) mass is 367 g/mol. The van der Waals surface area contributed by atoms with E-state index in [2.05, 4.69) is 29.0 Å². The Labute approximate surface area is 164 Å². The number of aryl methyl sites for hydroxylation is 1. The maximum absolute atomic E-state index is 13.5. The second-order valence-corrected chi connectivity index (χ2v) is 6.85. The minimum absolute atomic E-state index is 0.0936. The Balaban J connectivity index is 1.72. The Morgan fingerprint density at radius 2 is 1.71 bits per heavy atom. The molecule has 4 rings (SSSR count). The van der Waals surface area contributed by atoms with Crippen LogP contribution in [0.5, 0.6) is 0 Å². The van der Waals surface area contributed by atoms with Crippen LogP contribution in [0.25, 0.3) is 10.8 Å². The summed E-state index contributed by atoms with van der Waals surface area (Å²) in [5, 5.41) is 1.87. The molecule has 0 radical (unpaired) electrons. The Bertz CT molecular complexity index is 1100. The third-order valence-electron chi connectivity index (χ3n) is 4.70. The van der Waals surface area contributed by atoms with E-state index in [0.29, 0.717) is 18.8 Å². The number of benzene rings is 2. The highest BCUT2D eigenvalue weighted by atomic mass is 16.2. The number of carbonyl (C=O) groups excluding carboxylic acids is 1.